The predicted octanol–water partition coefficient (Wildman–Crippen LogP) is 4.71. The van der Waals surface area contributed by atoms with Gasteiger partial charge in [0.25, 0.3) is 6.01 Å². The summed E-state index contributed by atoms with van der Waals surface area (Å²) >= 11 is 1.34. The Morgan fingerprint density at radius 1 is 1.23 bits per heavy atom. The molecule has 0 amide bonds. The molecule has 2 saturated heterocycles. The number of nitrogens with one attached hydrogen (secondary N) is 1. The number of methoxy groups -OCH3 is 1. The molecule has 1 N–H and O–H groups in total. The standard InChI is InChI=1S/C21H23F3N4O2S/c1-20(29-2,21(22,23)24)12-8-15(18-25-6-7-31-18)17-16(9-12)27-19(30-17)28-10-13-4-3-5-14(11-28)26-13/h6-9,13-14,26H,3-5,10-11H2,1-2H3. The van der Waals surface area contributed by atoms with Crippen LogP contribution in [0, 0.1) is 0 Å². The molecule has 4 heterocycles. The Hall–Kier alpha value is -2.17. The zero-order valence-corrected chi connectivity index (χ0v) is 18.0. The van der Waals surface area contributed by atoms with Crippen molar-refractivity contribution in [3.05, 3.63) is 29.3 Å². The van der Waals surface area contributed by atoms with E-state index in [-0.39, 0.29) is 5.56 Å². The molecule has 2 bridgehead atoms. The Morgan fingerprint density at radius 2 is 1.97 bits per heavy atom. The second-order valence-corrected chi connectivity index (χ2v) is 9.23. The SMILES string of the molecule is COC(C)(c1cc(-c2nccs2)c2oc(N3CC4CCCC(C3)N4)nc2c1)C(F)(F)F. The maximum atomic E-state index is 13.9. The molecule has 10 heteroatoms. The number of oxazole rings is 1. The molecule has 0 spiro atoms. The lowest BCUT2D eigenvalue weighted by Gasteiger charge is -2.41. The first-order valence-electron chi connectivity index (χ1n) is 10.3. The molecule has 2 aliphatic rings. The van der Waals surface area contributed by atoms with E-state index in [2.05, 4.69) is 20.2 Å². The molecule has 6 nitrogen and oxygen atoms in total. The number of ether oxygens (including phenoxy) is 1. The molecule has 5 rings (SSSR count). The Balaban J connectivity index is 1.64. The topological polar surface area (TPSA) is 63.4 Å². The molecule has 0 saturated carbocycles. The lowest BCUT2D eigenvalue weighted by atomic mass is 9.93. The van der Waals surface area contributed by atoms with Crippen molar-refractivity contribution in [1.29, 1.82) is 0 Å². The lowest BCUT2D eigenvalue weighted by molar-refractivity contribution is -0.269. The molecule has 3 atom stereocenters. The van der Waals surface area contributed by atoms with Gasteiger partial charge in [0.2, 0.25) is 0 Å². The normalized spacial score (nSPS) is 23.8. The first-order valence-corrected chi connectivity index (χ1v) is 11.1. The highest BCUT2D eigenvalue weighted by atomic mass is 32.1. The minimum atomic E-state index is -4.60. The second kappa shape index (κ2) is 7.46. The molecular formula is C21H23F3N4O2S. The number of rotatable bonds is 4. The quantitative estimate of drug-likeness (QED) is 0.619. The number of hydrogen-bond donors (Lipinski definition) is 1. The maximum absolute atomic E-state index is 13.9. The van der Waals surface area contributed by atoms with Gasteiger partial charge in [-0.3, -0.25) is 0 Å². The van der Waals surface area contributed by atoms with E-state index in [1.54, 1.807) is 11.6 Å². The Labute approximate surface area is 181 Å². The molecule has 31 heavy (non-hydrogen) atoms. The Morgan fingerprint density at radius 3 is 2.58 bits per heavy atom. The lowest BCUT2D eigenvalue weighted by Crippen LogP contribution is -2.58. The van der Waals surface area contributed by atoms with Crippen molar-refractivity contribution in [2.75, 3.05) is 25.1 Å². The summed E-state index contributed by atoms with van der Waals surface area (Å²) in [5.41, 5.74) is -1.20. The first kappa shape index (κ1) is 20.7. The zero-order chi connectivity index (χ0) is 21.8. The zero-order valence-electron chi connectivity index (χ0n) is 17.2. The van der Waals surface area contributed by atoms with Gasteiger partial charge in [0.1, 0.15) is 10.5 Å². The molecular weight excluding hydrogens is 429 g/mol. The van der Waals surface area contributed by atoms with E-state index < -0.39 is 11.8 Å². The predicted molar refractivity (Wildman–Crippen MR) is 112 cm³/mol. The van der Waals surface area contributed by atoms with E-state index in [1.165, 1.54) is 29.9 Å². The van der Waals surface area contributed by atoms with Gasteiger partial charge < -0.3 is 19.4 Å². The van der Waals surface area contributed by atoms with Crippen LogP contribution in [0.25, 0.3) is 21.7 Å². The molecule has 2 fully saturated rings. The van der Waals surface area contributed by atoms with E-state index in [9.17, 15) is 13.2 Å². The van der Waals surface area contributed by atoms with Gasteiger partial charge in [-0.2, -0.15) is 18.2 Å². The molecule has 166 valence electrons. The number of anilines is 1. The number of piperazine rings is 1. The number of thiazole rings is 1. The number of halogens is 3. The van der Waals surface area contributed by atoms with Crippen LogP contribution in [0.2, 0.25) is 0 Å². The van der Waals surface area contributed by atoms with Crippen LogP contribution in [0.3, 0.4) is 0 Å². The Kier molecular flexibility index (Phi) is 4.98. The van der Waals surface area contributed by atoms with Crippen molar-refractivity contribution in [1.82, 2.24) is 15.3 Å². The van der Waals surface area contributed by atoms with Gasteiger partial charge in [0.15, 0.2) is 11.2 Å². The van der Waals surface area contributed by atoms with Crippen LogP contribution in [-0.4, -0.2) is 48.4 Å². The molecule has 2 aliphatic heterocycles. The highest BCUT2D eigenvalue weighted by Crippen LogP contribution is 2.45. The van der Waals surface area contributed by atoms with Crippen LogP contribution in [0.5, 0.6) is 0 Å². The third-order valence-electron chi connectivity index (χ3n) is 6.37. The minimum absolute atomic E-state index is 0.0303. The number of aromatic nitrogens is 2. The molecule has 1 aromatic carbocycles. The largest absolute Gasteiger partial charge is 0.423 e. The third kappa shape index (κ3) is 3.50. The summed E-state index contributed by atoms with van der Waals surface area (Å²) in [4.78, 5) is 11.0. The van der Waals surface area contributed by atoms with Crippen LogP contribution in [0.4, 0.5) is 19.2 Å². The van der Waals surface area contributed by atoms with Gasteiger partial charge in [-0.15, -0.1) is 11.3 Å². The van der Waals surface area contributed by atoms with E-state index in [4.69, 9.17) is 9.15 Å². The van der Waals surface area contributed by atoms with E-state index in [0.29, 0.717) is 39.8 Å². The van der Waals surface area contributed by atoms with Crippen LogP contribution in [0.1, 0.15) is 31.7 Å². The van der Waals surface area contributed by atoms with Gasteiger partial charge in [-0.25, -0.2) is 4.98 Å². The summed E-state index contributed by atoms with van der Waals surface area (Å²) < 4.78 is 52.8. The molecule has 3 unspecified atom stereocenters. The van der Waals surface area contributed by atoms with Crippen molar-refractivity contribution < 1.29 is 22.3 Å². The fourth-order valence-electron chi connectivity index (χ4n) is 4.51. The fraction of sp³-hybridized carbons (Fsp3) is 0.524. The smallest absolute Gasteiger partial charge is 0.421 e. The van der Waals surface area contributed by atoms with Crippen LogP contribution < -0.4 is 10.2 Å². The van der Waals surface area contributed by atoms with Gasteiger partial charge in [0, 0.05) is 43.9 Å². The van der Waals surface area contributed by atoms with Crippen LogP contribution >= 0.6 is 11.3 Å². The third-order valence-corrected chi connectivity index (χ3v) is 7.18. The summed E-state index contributed by atoms with van der Waals surface area (Å²) in [7, 11) is 1.06. The van der Waals surface area contributed by atoms with E-state index in [0.717, 1.165) is 40.0 Å². The number of hydrogen-bond acceptors (Lipinski definition) is 7. The number of fused-ring (bicyclic) bond motifs is 3. The maximum Gasteiger partial charge on any atom is 0.421 e. The van der Waals surface area contributed by atoms with Crippen molar-refractivity contribution in [2.24, 2.45) is 0 Å². The molecule has 2 aromatic heterocycles. The minimum Gasteiger partial charge on any atom is -0.423 e. The van der Waals surface area contributed by atoms with E-state index >= 15 is 0 Å². The molecule has 0 aliphatic carbocycles. The molecule has 3 aromatic rings. The van der Waals surface area contributed by atoms with E-state index in [1.807, 2.05) is 0 Å². The molecule has 0 radical (unpaired) electrons. The average molecular weight is 453 g/mol. The summed E-state index contributed by atoms with van der Waals surface area (Å²) in [6.45, 7) is 2.56. The number of nitrogens with zero attached hydrogens (tertiary/aromatic N) is 3. The summed E-state index contributed by atoms with van der Waals surface area (Å²) in [5.74, 6) is 0. The fourth-order valence-corrected chi connectivity index (χ4v) is 5.16. The number of alkyl halides is 3. The van der Waals surface area contributed by atoms with Gasteiger partial charge in [0.05, 0.1) is 5.56 Å². The monoisotopic (exact) mass is 452 g/mol. The number of benzene rings is 1. The van der Waals surface area contributed by atoms with Gasteiger partial charge in [-0.1, -0.05) is 6.42 Å². The summed E-state index contributed by atoms with van der Waals surface area (Å²) in [5, 5.41) is 5.97. The highest BCUT2D eigenvalue weighted by Gasteiger charge is 2.53. The highest BCUT2D eigenvalue weighted by molar-refractivity contribution is 7.13. The second-order valence-electron chi connectivity index (χ2n) is 8.34. The van der Waals surface area contributed by atoms with Crippen LogP contribution in [-0.2, 0) is 10.3 Å². The van der Waals surface area contributed by atoms with Crippen LogP contribution in [0.15, 0.2) is 28.1 Å². The Bertz CT molecular complexity index is 1070. The van der Waals surface area contributed by atoms with Gasteiger partial charge in [-0.05, 0) is 37.5 Å². The average Bonchev–Trinajstić information content (AvgIpc) is 3.41. The van der Waals surface area contributed by atoms with Crippen molar-refractivity contribution in [3.63, 3.8) is 0 Å². The summed E-state index contributed by atoms with van der Waals surface area (Å²) in [6, 6.07) is 4.06. The first-order chi connectivity index (χ1) is 14.8. The van der Waals surface area contributed by atoms with Crippen molar-refractivity contribution >= 4 is 28.5 Å². The van der Waals surface area contributed by atoms with Gasteiger partial charge >= 0.3 is 6.18 Å². The van der Waals surface area contributed by atoms with Crippen molar-refractivity contribution in [2.45, 2.75) is 50.0 Å². The summed E-state index contributed by atoms with van der Waals surface area (Å²) in [6.07, 6.45) is 0.415. The van der Waals surface area contributed by atoms with Crippen molar-refractivity contribution in [3.8, 4) is 10.6 Å². The number of piperidine rings is 1.